The molecule has 160 valence electrons. The molecule has 0 aliphatic heterocycles. The highest BCUT2D eigenvalue weighted by molar-refractivity contribution is 7.79. The maximum absolute atomic E-state index is 13.3. The molecule has 1 aromatic heterocycles. The van der Waals surface area contributed by atoms with Crippen LogP contribution >= 0.6 is 11.6 Å². The number of halogens is 2. The lowest BCUT2D eigenvalue weighted by molar-refractivity contribution is -0.692. The number of aromatic nitrogens is 1. The number of rotatable bonds is 5. The van der Waals surface area contributed by atoms with Crippen molar-refractivity contribution in [1.29, 1.82) is 0 Å². The van der Waals surface area contributed by atoms with Gasteiger partial charge in [0.15, 0.2) is 12.4 Å². The van der Waals surface area contributed by atoms with E-state index in [4.69, 9.17) is 29.1 Å². The Morgan fingerprint density at radius 2 is 1.60 bits per heavy atom. The molecule has 0 radical (unpaired) electrons. The van der Waals surface area contributed by atoms with Gasteiger partial charge in [0.1, 0.15) is 12.4 Å². The van der Waals surface area contributed by atoms with E-state index in [9.17, 15) is 4.39 Å². The summed E-state index contributed by atoms with van der Waals surface area (Å²) >= 11 is 6.77. The van der Waals surface area contributed by atoms with Crippen LogP contribution in [0.25, 0.3) is 22.3 Å². The second kappa shape index (κ2) is 10.6. The van der Waals surface area contributed by atoms with Crippen LogP contribution in [-0.2, 0) is 23.4 Å². The number of nitrogens with zero attached hydrogens (tertiary/aromatic N) is 1. The number of benzene rings is 2. The molecule has 0 atom stereocenters. The van der Waals surface area contributed by atoms with Crippen LogP contribution in [0.2, 0.25) is 5.02 Å². The lowest BCUT2D eigenvalue weighted by Crippen LogP contribution is -2.32. The van der Waals surface area contributed by atoms with Gasteiger partial charge in [-0.1, -0.05) is 61.3 Å². The van der Waals surface area contributed by atoms with Gasteiger partial charge in [0.25, 0.3) is 0 Å². The van der Waals surface area contributed by atoms with E-state index in [-0.39, 0.29) is 5.82 Å². The molecule has 1 heterocycles. The molecule has 8 heteroatoms. The molecule has 5 nitrogen and oxygen atoms in total. The van der Waals surface area contributed by atoms with Crippen LogP contribution in [0.3, 0.4) is 0 Å². The minimum absolute atomic E-state index is 0.244. The van der Waals surface area contributed by atoms with E-state index in [1.165, 1.54) is 17.7 Å². The summed E-state index contributed by atoms with van der Waals surface area (Å²) in [5, 5.41) is 0.699. The summed E-state index contributed by atoms with van der Waals surface area (Å²) in [7, 11) is -4.92. The van der Waals surface area contributed by atoms with Crippen LogP contribution in [0, 0.1) is 5.82 Å². The normalized spacial score (nSPS) is 11.0. The van der Waals surface area contributed by atoms with E-state index >= 15 is 0 Å². The quantitative estimate of drug-likeness (QED) is 0.333. The first-order chi connectivity index (χ1) is 14.1. The average Bonchev–Trinajstić information content (AvgIpc) is 2.68. The van der Waals surface area contributed by atoms with Gasteiger partial charge in [0.2, 0.25) is 10.4 Å². The summed E-state index contributed by atoms with van der Waals surface area (Å²) in [6, 6.07) is 15.0. The second-order valence-electron chi connectivity index (χ2n) is 6.61. The molecule has 0 saturated carbocycles. The lowest BCUT2D eigenvalue weighted by Gasteiger charge is -2.10. The zero-order valence-corrected chi connectivity index (χ0v) is 18.3. The number of aryl methyl sites for hydroxylation is 2. The van der Waals surface area contributed by atoms with E-state index in [0.29, 0.717) is 5.02 Å². The third-order valence-electron chi connectivity index (χ3n) is 4.36. The first-order valence-corrected chi connectivity index (χ1v) is 11.1. The maximum atomic E-state index is 13.3. The molecule has 0 saturated heterocycles. The maximum Gasteiger partial charge on any atom is 0.215 e. The Morgan fingerprint density at radius 3 is 2.13 bits per heavy atom. The van der Waals surface area contributed by atoms with Gasteiger partial charge >= 0.3 is 0 Å². The summed E-state index contributed by atoms with van der Waals surface area (Å²) in [4.78, 5) is 0. The van der Waals surface area contributed by atoms with E-state index < -0.39 is 10.4 Å². The van der Waals surface area contributed by atoms with Gasteiger partial charge < -0.3 is 4.55 Å². The summed E-state index contributed by atoms with van der Waals surface area (Å²) in [6.45, 7) is 5.12. The SMILES string of the molecule is CCCc1cccc(-c2c[n+](CC)cc(-c3ccc(F)cc3)c2Cl)c1.O=S(=O)([O-])O. The Morgan fingerprint density at radius 1 is 1.03 bits per heavy atom. The number of pyridine rings is 1. The van der Waals surface area contributed by atoms with Crippen molar-refractivity contribution in [2.75, 3.05) is 0 Å². The monoisotopic (exact) mass is 451 g/mol. The minimum atomic E-state index is -4.92. The lowest BCUT2D eigenvalue weighted by atomic mass is 9.99. The molecule has 1 N–H and O–H groups in total. The highest BCUT2D eigenvalue weighted by Crippen LogP contribution is 2.35. The average molecular weight is 452 g/mol. The third kappa shape index (κ3) is 7.18. The summed E-state index contributed by atoms with van der Waals surface area (Å²) in [5.41, 5.74) is 5.26. The van der Waals surface area contributed by atoms with Crippen molar-refractivity contribution in [1.82, 2.24) is 0 Å². The van der Waals surface area contributed by atoms with Gasteiger partial charge in [0.05, 0.1) is 16.1 Å². The fraction of sp³-hybridized carbons (Fsp3) is 0.227. The Hall–Kier alpha value is -2.32. The van der Waals surface area contributed by atoms with E-state index in [2.05, 4.69) is 48.9 Å². The van der Waals surface area contributed by atoms with Crippen LogP contribution in [-0.4, -0.2) is 17.5 Å². The van der Waals surface area contributed by atoms with Crippen LogP contribution in [0.1, 0.15) is 25.8 Å². The van der Waals surface area contributed by atoms with Crippen molar-refractivity contribution < 1.29 is 26.5 Å². The van der Waals surface area contributed by atoms with Crippen molar-refractivity contribution in [3.05, 3.63) is 77.3 Å². The number of hydrogen-bond acceptors (Lipinski definition) is 3. The first kappa shape index (κ1) is 24.0. The molecule has 0 spiro atoms. The molecular weight excluding hydrogens is 429 g/mol. The van der Waals surface area contributed by atoms with Gasteiger partial charge in [-0.3, -0.25) is 4.55 Å². The molecule has 0 aliphatic rings. The first-order valence-electron chi connectivity index (χ1n) is 9.38. The summed E-state index contributed by atoms with van der Waals surface area (Å²) < 4.78 is 48.2. The smallest absolute Gasteiger partial charge is 0.215 e. The topological polar surface area (TPSA) is 81.3 Å². The Kier molecular flexibility index (Phi) is 8.49. The van der Waals surface area contributed by atoms with Crippen molar-refractivity contribution >= 4 is 22.0 Å². The van der Waals surface area contributed by atoms with Gasteiger partial charge in [-0.05, 0) is 42.2 Å². The number of hydrogen-bond donors (Lipinski definition) is 1. The zero-order chi connectivity index (χ0) is 22.3. The molecule has 0 fully saturated rings. The Bertz CT molecular complexity index is 1090. The molecule has 2 aromatic carbocycles. The standard InChI is InChI=1S/C22H22ClFN.H2O4S/c1-3-6-16-7-5-8-18(13-16)21-15-25(4-2)14-20(22(21)23)17-9-11-19(24)12-10-17;1-5(2,3)4/h5,7-15H,3-4,6H2,1-2H3;(H2,1,2,3,4)/q+1;/p-1. The third-order valence-corrected chi connectivity index (χ3v) is 4.77. The molecule has 0 bridgehead atoms. The van der Waals surface area contributed by atoms with Crippen LogP contribution in [0.4, 0.5) is 4.39 Å². The molecule has 3 rings (SSSR count). The van der Waals surface area contributed by atoms with Crippen LogP contribution < -0.4 is 4.57 Å². The Balaban J connectivity index is 0.000000575. The van der Waals surface area contributed by atoms with Gasteiger partial charge in [0, 0.05) is 0 Å². The van der Waals surface area contributed by atoms with Gasteiger partial charge in [-0.2, -0.15) is 0 Å². The predicted molar refractivity (Wildman–Crippen MR) is 114 cm³/mol. The van der Waals surface area contributed by atoms with Crippen molar-refractivity contribution in [3.8, 4) is 22.3 Å². The van der Waals surface area contributed by atoms with Crippen molar-refractivity contribution in [2.24, 2.45) is 0 Å². The van der Waals surface area contributed by atoms with Gasteiger partial charge in [-0.25, -0.2) is 17.4 Å². The fourth-order valence-corrected chi connectivity index (χ4v) is 3.34. The van der Waals surface area contributed by atoms with Gasteiger partial charge in [-0.15, -0.1) is 0 Å². The molecule has 0 amide bonds. The molecule has 0 unspecified atom stereocenters. The molecule has 0 aliphatic carbocycles. The van der Waals surface area contributed by atoms with Crippen LogP contribution in [0.15, 0.2) is 60.9 Å². The zero-order valence-electron chi connectivity index (χ0n) is 16.7. The predicted octanol–water partition coefficient (Wildman–Crippen LogP) is 5.08. The highest BCUT2D eigenvalue weighted by atomic mass is 35.5. The largest absolute Gasteiger partial charge is 0.726 e. The molecule has 3 aromatic rings. The van der Waals surface area contributed by atoms with E-state index in [1.54, 1.807) is 12.1 Å². The second-order valence-corrected chi connectivity index (χ2v) is 7.85. The van der Waals surface area contributed by atoms with Crippen molar-refractivity contribution in [3.63, 3.8) is 0 Å². The molecule has 30 heavy (non-hydrogen) atoms. The van der Waals surface area contributed by atoms with Crippen molar-refractivity contribution in [2.45, 2.75) is 33.2 Å². The van der Waals surface area contributed by atoms with Crippen LogP contribution in [0.5, 0.6) is 0 Å². The molecular formula is C22H23ClFNO4S. The summed E-state index contributed by atoms with van der Waals surface area (Å²) in [5.74, 6) is -0.244. The van der Waals surface area contributed by atoms with E-state index in [1.807, 2.05) is 6.20 Å². The van der Waals surface area contributed by atoms with E-state index in [0.717, 1.165) is 41.6 Å². The summed E-state index contributed by atoms with van der Waals surface area (Å²) in [6.07, 6.45) is 6.27. The fourth-order valence-electron chi connectivity index (χ4n) is 3.02. The Labute approximate surface area is 181 Å². The highest BCUT2D eigenvalue weighted by Gasteiger charge is 2.17. The minimum Gasteiger partial charge on any atom is -0.726 e.